The van der Waals surface area contributed by atoms with Crippen LogP contribution >= 0.6 is 10.2 Å². The van der Waals surface area contributed by atoms with Gasteiger partial charge < -0.3 is 15.2 Å². The molecule has 3 aromatic carbocycles. The number of aliphatic carboxylic acids is 1. The molecule has 220 valence electrons. The zero-order valence-corrected chi connectivity index (χ0v) is 22.8. The molecule has 1 atom stereocenters. The topological polar surface area (TPSA) is 75.6 Å². The zero-order chi connectivity index (χ0) is 29.3. The molecular weight excluding hydrogens is 565 g/mol. The number of hydrogen-bond acceptors (Lipinski definition) is 3. The average molecular weight is 596 g/mol. The van der Waals surface area contributed by atoms with E-state index in [1.807, 2.05) is 0 Å². The molecule has 4 fully saturated rings. The summed E-state index contributed by atoms with van der Waals surface area (Å²) in [6.07, 6.45) is 5.66. The number of nitrogens with one attached hydrogen (secondary N) is 1. The number of ether oxygens (including phenoxy) is 1. The van der Waals surface area contributed by atoms with Crippen molar-refractivity contribution in [3.8, 4) is 5.75 Å². The van der Waals surface area contributed by atoms with Crippen molar-refractivity contribution in [3.63, 3.8) is 0 Å². The second-order valence-corrected chi connectivity index (χ2v) is 14.5. The molecule has 0 aromatic heterocycles. The van der Waals surface area contributed by atoms with E-state index in [0.717, 1.165) is 56.0 Å². The smallest absolute Gasteiger partial charge is 0.326 e. The van der Waals surface area contributed by atoms with Crippen LogP contribution in [0.1, 0.15) is 54.4 Å². The molecule has 7 rings (SSSR count). The lowest BCUT2D eigenvalue weighted by molar-refractivity contribution is -0.150. The molecule has 0 aliphatic heterocycles. The molecule has 2 N–H and O–H groups in total. The summed E-state index contributed by atoms with van der Waals surface area (Å²) < 4.78 is 71.6. The summed E-state index contributed by atoms with van der Waals surface area (Å²) in [5.41, 5.74) is -0.228. The van der Waals surface area contributed by atoms with Gasteiger partial charge in [0, 0.05) is 10.8 Å². The van der Waals surface area contributed by atoms with E-state index < -0.39 is 38.5 Å². The number of benzene rings is 3. The molecular formula is C30H30F5NO4S. The lowest BCUT2D eigenvalue weighted by atomic mass is 9.47. The van der Waals surface area contributed by atoms with Gasteiger partial charge in [0.15, 0.2) is 0 Å². The first-order valence-electron chi connectivity index (χ1n) is 13.6. The van der Waals surface area contributed by atoms with E-state index in [1.165, 1.54) is 6.07 Å². The van der Waals surface area contributed by atoms with Crippen molar-refractivity contribution in [1.29, 1.82) is 0 Å². The Bertz CT molecular complexity index is 1510. The summed E-state index contributed by atoms with van der Waals surface area (Å²) in [5.74, 6) is -0.134. The summed E-state index contributed by atoms with van der Waals surface area (Å²) in [4.78, 5) is 24.3. The first kappa shape index (κ1) is 27.8. The van der Waals surface area contributed by atoms with Crippen LogP contribution in [0.25, 0.3) is 10.8 Å². The predicted molar refractivity (Wildman–Crippen MR) is 146 cm³/mol. The fourth-order valence-electron chi connectivity index (χ4n) is 7.79. The highest BCUT2D eigenvalue weighted by Gasteiger charge is 2.65. The standard InChI is InChI=1S/C30H30F5NO4S/c31-41(32,33,34,35)23-8-5-18(6-9-23)17-40-26-24-4-2-1-3-22(24)7-10-25(26)28(37)36-27(29(38)39)30-14-19-11-20(15-30)13-21(12-19)16-30/h1-10,19-21,27H,11-17H2,(H,36,37)(H,38,39). The molecule has 5 nitrogen and oxygen atoms in total. The third kappa shape index (κ3) is 5.36. The highest BCUT2D eigenvalue weighted by Crippen LogP contribution is 3.02. The normalized spacial score (nSPS) is 27.6. The molecule has 4 aliphatic carbocycles. The minimum atomic E-state index is -9.81. The van der Waals surface area contributed by atoms with Gasteiger partial charge in [0.25, 0.3) is 5.91 Å². The maximum atomic E-state index is 13.7. The van der Waals surface area contributed by atoms with Crippen LogP contribution in [0.4, 0.5) is 19.4 Å². The van der Waals surface area contributed by atoms with Gasteiger partial charge in [-0.25, -0.2) is 4.79 Å². The summed E-state index contributed by atoms with van der Waals surface area (Å²) in [5, 5.41) is 14.3. The first-order chi connectivity index (χ1) is 19.1. The van der Waals surface area contributed by atoms with Crippen molar-refractivity contribution < 1.29 is 38.9 Å². The van der Waals surface area contributed by atoms with E-state index in [1.54, 1.807) is 30.3 Å². The number of halogens is 5. The van der Waals surface area contributed by atoms with Crippen LogP contribution in [0.15, 0.2) is 65.6 Å². The second-order valence-electron chi connectivity index (χ2n) is 12.1. The van der Waals surface area contributed by atoms with Gasteiger partial charge in [-0.15, -0.1) is 0 Å². The van der Waals surface area contributed by atoms with E-state index in [2.05, 4.69) is 5.32 Å². The molecule has 0 spiro atoms. The quantitative estimate of drug-likeness (QED) is 0.256. The third-order valence-corrected chi connectivity index (χ3v) is 10.3. The van der Waals surface area contributed by atoms with E-state index in [9.17, 15) is 34.1 Å². The summed E-state index contributed by atoms with van der Waals surface area (Å²) in [7, 11) is -9.81. The molecule has 3 aromatic rings. The number of hydrogen-bond donors (Lipinski definition) is 2. The fraction of sp³-hybridized carbons (Fsp3) is 0.400. The van der Waals surface area contributed by atoms with Crippen molar-refractivity contribution >= 4 is 32.9 Å². The summed E-state index contributed by atoms with van der Waals surface area (Å²) >= 11 is 0. The van der Waals surface area contributed by atoms with E-state index in [4.69, 9.17) is 4.74 Å². The highest BCUT2D eigenvalue weighted by molar-refractivity contribution is 8.45. The highest BCUT2D eigenvalue weighted by atomic mass is 32.5. The molecule has 0 saturated heterocycles. The SMILES string of the molecule is O=C(NC(C(=O)O)C12CC3CC(CC(C3)C1)C2)c1ccc2ccccc2c1OCc1ccc(S(F)(F)(F)(F)F)cc1. The van der Waals surface area contributed by atoms with E-state index in [-0.39, 0.29) is 23.5 Å². The van der Waals surface area contributed by atoms with E-state index >= 15 is 0 Å². The molecule has 11 heteroatoms. The van der Waals surface area contributed by atoms with Crippen molar-refractivity contribution in [2.45, 2.75) is 56.1 Å². The molecule has 4 aliphatic rings. The van der Waals surface area contributed by atoms with Crippen molar-refractivity contribution in [1.82, 2.24) is 5.32 Å². The van der Waals surface area contributed by atoms with Crippen molar-refractivity contribution in [2.75, 3.05) is 0 Å². The van der Waals surface area contributed by atoms with Crippen molar-refractivity contribution in [3.05, 3.63) is 71.8 Å². The van der Waals surface area contributed by atoms with Crippen LogP contribution in [0.3, 0.4) is 0 Å². The van der Waals surface area contributed by atoms with Crippen LogP contribution in [0.5, 0.6) is 5.75 Å². The van der Waals surface area contributed by atoms with Gasteiger partial charge in [-0.3, -0.25) is 4.79 Å². The van der Waals surface area contributed by atoms with Crippen LogP contribution in [-0.2, 0) is 11.4 Å². The molecule has 4 bridgehead atoms. The Labute approximate surface area is 233 Å². The largest absolute Gasteiger partial charge is 0.487 e. The number of carbonyl (C=O) groups excluding carboxylic acids is 1. The van der Waals surface area contributed by atoms with Gasteiger partial charge in [0.05, 0.1) is 5.56 Å². The summed E-state index contributed by atoms with van der Waals surface area (Å²) in [6.45, 7) is -0.299. The average Bonchev–Trinajstić information content (AvgIpc) is 2.88. The zero-order valence-electron chi connectivity index (χ0n) is 22.0. The minimum Gasteiger partial charge on any atom is -0.487 e. The minimum absolute atomic E-state index is 0.0864. The summed E-state index contributed by atoms with van der Waals surface area (Å²) in [6, 6.07) is 11.7. The second kappa shape index (κ2) is 8.83. The Hall–Kier alpha value is -3.34. The van der Waals surface area contributed by atoms with Gasteiger partial charge in [0.2, 0.25) is 0 Å². The lowest BCUT2D eigenvalue weighted by Gasteiger charge is -2.58. The number of fused-ring (bicyclic) bond motifs is 1. The monoisotopic (exact) mass is 595 g/mol. The lowest BCUT2D eigenvalue weighted by Crippen LogP contribution is -2.59. The predicted octanol–water partition coefficient (Wildman–Crippen LogP) is 8.48. The van der Waals surface area contributed by atoms with Crippen LogP contribution < -0.4 is 10.1 Å². The van der Waals surface area contributed by atoms with E-state index in [0.29, 0.717) is 35.3 Å². The van der Waals surface area contributed by atoms with Crippen LogP contribution in [0.2, 0.25) is 0 Å². The van der Waals surface area contributed by atoms with Gasteiger partial charge in [-0.05, 0) is 85.4 Å². The number of carboxylic acids is 1. The van der Waals surface area contributed by atoms with Gasteiger partial charge >= 0.3 is 16.2 Å². The van der Waals surface area contributed by atoms with Crippen LogP contribution in [-0.4, -0.2) is 23.0 Å². The Kier molecular flexibility index (Phi) is 5.99. The Morgan fingerprint density at radius 2 is 1.46 bits per heavy atom. The maximum Gasteiger partial charge on any atom is 0.326 e. The Morgan fingerprint density at radius 3 is 2.02 bits per heavy atom. The number of rotatable bonds is 8. The Balaban J connectivity index is 1.28. The van der Waals surface area contributed by atoms with Crippen molar-refractivity contribution in [2.24, 2.45) is 23.2 Å². The number of amides is 1. The van der Waals surface area contributed by atoms with Crippen LogP contribution in [0, 0.1) is 23.2 Å². The first-order valence-corrected chi connectivity index (χ1v) is 15.6. The molecule has 4 saturated carbocycles. The van der Waals surface area contributed by atoms with Gasteiger partial charge in [-0.2, -0.15) is 0 Å². The maximum absolute atomic E-state index is 13.7. The molecule has 0 heterocycles. The molecule has 0 radical (unpaired) electrons. The molecule has 1 amide bonds. The van der Waals surface area contributed by atoms with Gasteiger partial charge in [0.1, 0.15) is 23.3 Å². The Morgan fingerprint density at radius 1 is 0.878 bits per heavy atom. The molecule has 41 heavy (non-hydrogen) atoms. The fourth-order valence-corrected chi connectivity index (χ4v) is 8.44. The van der Waals surface area contributed by atoms with Gasteiger partial charge in [-0.1, -0.05) is 61.9 Å². The molecule has 1 unspecified atom stereocenters. The number of carbonyl (C=O) groups is 2. The number of carboxylic acid groups (broad SMARTS) is 1. The third-order valence-electron chi connectivity index (χ3n) is 9.10.